The van der Waals surface area contributed by atoms with Crippen LogP contribution in [-0.2, 0) is 4.79 Å². The van der Waals surface area contributed by atoms with Gasteiger partial charge in [-0.25, -0.2) is 0 Å². The molecule has 1 aliphatic heterocycles. The van der Waals surface area contributed by atoms with Gasteiger partial charge in [0.05, 0.1) is 24.9 Å². The van der Waals surface area contributed by atoms with E-state index in [9.17, 15) is 4.79 Å². The molecule has 1 atom stereocenters. The van der Waals surface area contributed by atoms with E-state index in [0.29, 0.717) is 11.5 Å². The van der Waals surface area contributed by atoms with Gasteiger partial charge in [0.1, 0.15) is 0 Å². The van der Waals surface area contributed by atoms with Gasteiger partial charge in [-0.05, 0) is 51.7 Å². The molecular formula is C18H26N2O3. The Hall–Kier alpha value is -2.04. The summed E-state index contributed by atoms with van der Waals surface area (Å²) < 4.78 is 11.2. The number of likely N-dealkylation sites (tertiary alicyclic amines) is 1. The van der Waals surface area contributed by atoms with Crippen LogP contribution in [0.15, 0.2) is 17.1 Å². The Morgan fingerprint density at radius 2 is 2.09 bits per heavy atom. The molecule has 1 amide bonds. The first-order valence-electron chi connectivity index (χ1n) is 8.15. The number of nitrogens with zero attached hydrogens (tertiary/aromatic N) is 2. The number of piperidine rings is 1. The zero-order valence-corrected chi connectivity index (χ0v) is 14.4. The van der Waals surface area contributed by atoms with Gasteiger partial charge in [0.2, 0.25) is 6.41 Å². The van der Waals surface area contributed by atoms with Gasteiger partial charge in [0.25, 0.3) is 0 Å². The molecule has 0 N–H and O–H groups in total. The summed E-state index contributed by atoms with van der Waals surface area (Å²) in [6, 6.07) is 3.92. The highest BCUT2D eigenvalue weighted by Crippen LogP contribution is 2.35. The summed E-state index contributed by atoms with van der Waals surface area (Å²) in [4.78, 5) is 17.6. The van der Waals surface area contributed by atoms with Crippen LogP contribution in [0, 0.1) is 6.92 Å². The van der Waals surface area contributed by atoms with Crippen LogP contribution < -0.4 is 9.47 Å². The Morgan fingerprint density at radius 3 is 2.74 bits per heavy atom. The molecule has 1 aliphatic rings. The van der Waals surface area contributed by atoms with Crippen LogP contribution in [0.1, 0.15) is 38.7 Å². The van der Waals surface area contributed by atoms with Crippen molar-refractivity contribution in [2.75, 3.05) is 13.7 Å². The quantitative estimate of drug-likeness (QED) is 0.596. The largest absolute Gasteiger partial charge is 0.493 e. The van der Waals surface area contributed by atoms with Gasteiger partial charge >= 0.3 is 0 Å². The van der Waals surface area contributed by atoms with Crippen LogP contribution in [-0.4, -0.2) is 43.3 Å². The summed E-state index contributed by atoms with van der Waals surface area (Å²) in [6.07, 6.45) is 6.02. The molecule has 5 heteroatoms. The molecule has 1 fully saturated rings. The number of carbonyl (C=O) groups is 1. The van der Waals surface area contributed by atoms with Crippen LogP contribution in [0.4, 0.5) is 5.69 Å². The van der Waals surface area contributed by atoms with Gasteiger partial charge in [0.15, 0.2) is 11.5 Å². The molecular weight excluding hydrogens is 292 g/mol. The predicted octanol–water partition coefficient (Wildman–Crippen LogP) is 3.50. The van der Waals surface area contributed by atoms with E-state index in [4.69, 9.17) is 9.47 Å². The molecule has 0 spiro atoms. The highest BCUT2D eigenvalue weighted by molar-refractivity contribution is 5.73. The lowest BCUT2D eigenvalue weighted by Gasteiger charge is -2.29. The van der Waals surface area contributed by atoms with Crippen molar-refractivity contribution in [2.24, 2.45) is 4.99 Å². The third-order valence-electron chi connectivity index (χ3n) is 3.96. The average Bonchev–Trinajstić information content (AvgIpc) is 2.54. The smallest absolute Gasteiger partial charge is 0.210 e. The van der Waals surface area contributed by atoms with Crippen molar-refractivity contribution in [2.45, 2.75) is 52.2 Å². The van der Waals surface area contributed by atoms with Gasteiger partial charge in [0, 0.05) is 18.8 Å². The average molecular weight is 318 g/mol. The van der Waals surface area contributed by atoms with Crippen molar-refractivity contribution in [1.82, 2.24) is 4.90 Å². The fraction of sp³-hybridized carbons (Fsp3) is 0.556. The van der Waals surface area contributed by atoms with Crippen LogP contribution in [0.5, 0.6) is 11.5 Å². The van der Waals surface area contributed by atoms with E-state index in [2.05, 4.69) is 4.99 Å². The predicted molar refractivity (Wildman–Crippen MR) is 92.1 cm³/mol. The number of amides is 1. The lowest BCUT2D eigenvalue weighted by atomic mass is 10.0. The highest BCUT2D eigenvalue weighted by Gasteiger charge is 2.19. The number of carbonyl (C=O) groups excluding carboxylic acids is 1. The molecule has 0 bridgehead atoms. The molecule has 0 radical (unpaired) electrons. The highest BCUT2D eigenvalue weighted by atomic mass is 16.5. The van der Waals surface area contributed by atoms with E-state index in [-0.39, 0.29) is 12.1 Å². The van der Waals surface area contributed by atoms with E-state index in [1.807, 2.05) is 44.0 Å². The van der Waals surface area contributed by atoms with Gasteiger partial charge < -0.3 is 14.4 Å². The molecule has 1 saturated heterocycles. The number of aliphatic imine (C=N–C) groups is 1. The Balaban J connectivity index is 2.24. The van der Waals surface area contributed by atoms with Crippen LogP contribution in [0.3, 0.4) is 0 Å². The summed E-state index contributed by atoms with van der Waals surface area (Å²) in [6.45, 7) is 6.76. The van der Waals surface area contributed by atoms with E-state index >= 15 is 0 Å². The van der Waals surface area contributed by atoms with Crippen LogP contribution in [0.25, 0.3) is 0 Å². The summed E-state index contributed by atoms with van der Waals surface area (Å²) in [5.41, 5.74) is 1.86. The maximum absolute atomic E-state index is 11.1. The minimum atomic E-state index is 0.0623. The van der Waals surface area contributed by atoms with E-state index < -0.39 is 0 Å². The van der Waals surface area contributed by atoms with Crippen molar-refractivity contribution in [3.05, 3.63) is 17.7 Å². The summed E-state index contributed by atoms with van der Waals surface area (Å²) >= 11 is 0. The number of methoxy groups -OCH3 is 1. The topological polar surface area (TPSA) is 51.1 Å². The number of hydrogen-bond acceptors (Lipinski definition) is 4. The minimum absolute atomic E-state index is 0.0623. The molecule has 0 saturated carbocycles. The standard InChI is InChI=1S/C18H26N2O3/c1-13(2)23-18-10-16(14(3)9-17(18)22-4)19-11-15-7-5-6-8-20(15)12-21/h9-13,15H,5-8H2,1-4H3. The molecule has 5 nitrogen and oxygen atoms in total. The van der Waals surface area contributed by atoms with Crippen molar-refractivity contribution < 1.29 is 14.3 Å². The maximum Gasteiger partial charge on any atom is 0.210 e. The normalized spacial score (nSPS) is 18.5. The number of ether oxygens (including phenoxy) is 2. The number of aryl methyl sites for hydroxylation is 1. The molecule has 1 aromatic carbocycles. The molecule has 1 unspecified atom stereocenters. The molecule has 126 valence electrons. The SMILES string of the molecule is COc1cc(C)c(N=CC2CCCCN2C=O)cc1OC(C)C. The van der Waals surface area contributed by atoms with Crippen LogP contribution in [0.2, 0.25) is 0 Å². The first-order chi connectivity index (χ1) is 11.0. The summed E-state index contributed by atoms with van der Waals surface area (Å²) in [7, 11) is 1.63. The van der Waals surface area contributed by atoms with Crippen molar-refractivity contribution in [3.8, 4) is 11.5 Å². The second-order valence-corrected chi connectivity index (χ2v) is 6.14. The number of benzene rings is 1. The Labute approximate surface area is 138 Å². The lowest BCUT2D eigenvalue weighted by molar-refractivity contribution is -0.119. The van der Waals surface area contributed by atoms with Crippen molar-refractivity contribution in [1.29, 1.82) is 0 Å². The van der Waals surface area contributed by atoms with Gasteiger partial charge in [-0.15, -0.1) is 0 Å². The summed E-state index contributed by atoms with van der Waals surface area (Å²) in [5, 5.41) is 0. The first kappa shape index (κ1) is 17.3. The van der Waals surface area contributed by atoms with Gasteiger partial charge in [-0.2, -0.15) is 0 Å². The molecule has 2 rings (SSSR count). The molecule has 0 aromatic heterocycles. The zero-order valence-electron chi connectivity index (χ0n) is 14.4. The lowest BCUT2D eigenvalue weighted by Crippen LogP contribution is -2.39. The van der Waals surface area contributed by atoms with Crippen molar-refractivity contribution >= 4 is 18.3 Å². The molecule has 1 aromatic rings. The second-order valence-electron chi connectivity index (χ2n) is 6.14. The summed E-state index contributed by atoms with van der Waals surface area (Å²) in [5.74, 6) is 1.40. The molecule has 0 aliphatic carbocycles. The minimum Gasteiger partial charge on any atom is -0.493 e. The zero-order chi connectivity index (χ0) is 16.8. The monoisotopic (exact) mass is 318 g/mol. The number of hydrogen-bond donors (Lipinski definition) is 0. The molecule has 23 heavy (non-hydrogen) atoms. The second kappa shape index (κ2) is 7.99. The fourth-order valence-corrected chi connectivity index (χ4v) is 2.73. The number of rotatable bonds is 6. The third-order valence-corrected chi connectivity index (χ3v) is 3.96. The van der Waals surface area contributed by atoms with E-state index in [0.717, 1.165) is 43.5 Å². The third kappa shape index (κ3) is 4.47. The maximum atomic E-state index is 11.1. The Kier molecular flexibility index (Phi) is 6.02. The van der Waals surface area contributed by atoms with E-state index in [1.54, 1.807) is 7.11 Å². The fourth-order valence-electron chi connectivity index (χ4n) is 2.73. The van der Waals surface area contributed by atoms with Crippen LogP contribution >= 0.6 is 0 Å². The van der Waals surface area contributed by atoms with Gasteiger partial charge in [-0.3, -0.25) is 9.79 Å². The van der Waals surface area contributed by atoms with E-state index in [1.165, 1.54) is 0 Å². The first-order valence-corrected chi connectivity index (χ1v) is 8.15. The van der Waals surface area contributed by atoms with Crippen molar-refractivity contribution in [3.63, 3.8) is 0 Å². The van der Waals surface area contributed by atoms with Gasteiger partial charge in [-0.1, -0.05) is 0 Å². The Morgan fingerprint density at radius 1 is 1.30 bits per heavy atom. The molecule has 1 heterocycles. The Bertz CT molecular complexity index is 570.